The molecule has 1 saturated carbocycles. The highest BCUT2D eigenvalue weighted by molar-refractivity contribution is 5.59. The molecule has 1 atom stereocenters. The summed E-state index contributed by atoms with van der Waals surface area (Å²) in [6.45, 7) is 5.05. The van der Waals surface area contributed by atoms with Gasteiger partial charge in [-0.25, -0.2) is 0 Å². The van der Waals surface area contributed by atoms with Crippen LogP contribution in [0.15, 0.2) is 18.2 Å². The van der Waals surface area contributed by atoms with Crippen molar-refractivity contribution in [1.29, 1.82) is 0 Å². The van der Waals surface area contributed by atoms with Crippen molar-refractivity contribution in [3.8, 4) is 5.75 Å². The van der Waals surface area contributed by atoms with Gasteiger partial charge >= 0.3 is 5.69 Å². The number of rotatable bonds is 8. The molecule has 1 aliphatic rings. The standard InChI is InChI=1S/C15H23N3O3/c1-3-8-21-14-9-12(6-7-13(14)18(19)20)17-15(2,10-16)11-4-5-11/h6-7,9,11,17H,3-5,8,10,16H2,1-2H3. The van der Waals surface area contributed by atoms with Gasteiger partial charge in [0.05, 0.1) is 11.5 Å². The molecule has 21 heavy (non-hydrogen) atoms. The van der Waals surface area contributed by atoms with Crippen LogP contribution >= 0.6 is 0 Å². The van der Waals surface area contributed by atoms with E-state index in [4.69, 9.17) is 10.5 Å². The zero-order chi connectivity index (χ0) is 15.5. The van der Waals surface area contributed by atoms with Gasteiger partial charge < -0.3 is 15.8 Å². The lowest BCUT2D eigenvalue weighted by molar-refractivity contribution is -0.385. The Kier molecular flexibility index (Phi) is 4.67. The Morgan fingerprint density at radius 1 is 1.52 bits per heavy atom. The van der Waals surface area contributed by atoms with Crippen LogP contribution in [0, 0.1) is 16.0 Å². The third kappa shape index (κ3) is 3.64. The van der Waals surface area contributed by atoms with Crippen LogP contribution in [0.2, 0.25) is 0 Å². The minimum Gasteiger partial charge on any atom is -0.487 e. The number of nitro groups is 1. The minimum absolute atomic E-state index is 0.00475. The third-order valence-corrected chi connectivity index (χ3v) is 3.95. The summed E-state index contributed by atoms with van der Waals surface area (Å²) in [4.78, 5) is 10.6. The summed E-state index contributed by atoms with van der Waals surface area (Å²) < 4.78 is 5.50. The maximum absolute atomic E-state index is 11.0. The molecule has 0 aliphatic heterocycles. The number of hydrogen-bond acceptors (Lipinski definition) is 5. The van der Waals surface area contributed by atoms with Gasteiger partial charge in [-0.15, -0.1) is 0 Å². The number of nitrogens with one attached hydrogen (secondary N) is 1. The Hall–Kier alpha value is -1.82. The summed E-state index contributed by atoms with van der Waals surface area (Å²) in [6, 6.07) is 4.90. The van der Waals surface area contributed by atoms with Crippen molar-refractivity contribution in [3.05, 3.63) is 28.3 Å². The fraction of sp³-hybridized carbons (Fsp3) is 0.600. The number of nitrogens with two attached hydrogens (primary N) is 1. The van der Waals surface area contributed by atoms with Gasteiger partial charge in [0.25, 0.3) is 0 Å². The molecule has 1 fully saturated rings. The average molecular weight is 293 g/mol. The lowest BCUT2D eigenvalue weighted by Gasteiger charge is -2.31. The SMILES string of the molecule is CCCOc1cc(NC(C)(CN)C2CC2)ccc1[N+](=O)[O-]. The Morgan fingerprint density at radius 2 is 2.24 bits per heavy atom. The van der Waals surface area contributed by atoms with E-state index >= 15 is 0 Å². The Balaban J connectivity index is 2.21. The van der Waals surface area contributed by atoms with E-state index in [0.717, 1.165) is 12.1 Å². The molecular weight excluding hydrogens is 270 g/mol. The Bertz CT molecular complexity index is 517. The van der Waals surface area contributed by atoms with Crippen LogP contribution in [0.4, 0.5) is 11.4 Å². The van der Waals surface area contributed by atoms with Gasteiger partial charge in [-0.1, -0.05) is 6.92 Å². The van der Waals surface area contributed by atoms with Crippen molar-refractivity contribution in [2.75, 3.05) is 18.5 Å². The van der Waals surface area contributed by atoms with E-state index in [9.17, 15) is 10.1 Å². The highest BCUT2D eigenvalue weighted by Gasteiger charge is 2.40. The molecular formula is C15H23N3O3. The monoisotopic (exact) mass is 293 g/mol. The molecule has 6 heteroatoms. The van der Waals surface area contributed by atoms with Crippen LogP contribution in [0.1, 0.15) is 33.1 Å². The first-order valence-electron chi connectivity index (χ1n) is 7.39. The summed E-state index contributed by atoms with van der Waals surface area (Å²) >= 11 is 0. The number of ether oxygens (including phenoxy) is 1. The predicted molar refractivity (Wildman–Crippen MR) is 82.7 cm³/mol. The largest absolute Gasteiger partial charge is 0.487 e. The van der Waals surface area contributed by atoms with E-state index < -0.39 is 4.92 Å². The highest BCUT2D eigenvalue weighted by Crippen LogP contribution is 2.41. The van der Waals surface area contributed by atoms with Gasteiger partial charge in [0.2, 0.25) is 0 Å². The molecule has 0 radical (unpaired) electrons. The molecule has 116 valence electrons. The van der Waals surface area contributed by atoms with Crippen LogP contribution in [-0.4, -0.2) is 23.6 Å². The number of hydrogen-bond donors (Lipinski definition) is 2. The van der Waals surface area contributed by atoms with Gasteiger partial charge in [0.1, 0.15) is 0 Å². The van der Waals surface area contributed by atoms with Gasteiger partial charge in [-0.3, -0.25) is 10.1 Å². The summed E-state index contributed by atoms with van der Waals surface area (Å²) in [6.07, 6.45) is 3.15. The van der Waals surface area contributed by atoms with Crippen LogP contribution in [0.25, 0.3) is 0 Å². The average Bonchev–Trinajstić information content (AvgIpc) is 3.29. The number of anilines is 1. The number of nitrogens with zero attached hydrogens (tertiary/aromatic N) is 1. The van der Waals surface area contributed by atoms with Gasteiger partial charge in [0, 0.05) is 29.9 Å². The molecule has 1 unspecified atom stereocenters. The summed E-state index contributed by atoms with van der Waals surface area (Å²) in [5, 5.41) is 14.5. The van der Waals surface area contributed by atoms with Gasteiger partial charge in [-0.2, -0.15) is 0 Å². The van der Waals surface area contributed by atoms with Crippen LogP contribution < -0.4 is 15.8 Å². The molecule has 1 aromatic rings. The van der Waals surface area contributed by atoms with E-state index in [1.54, 1.807) is 12.1 Å². The molecule has 0 heterocycles. The molecule has 1 aromatic carbocycles. The zero-order valence-electron chi connectivity index (χ0n) is 12.6. The molecule has 0 bridgehead atoms. The predicted octanol–water partition coefficient (Wildman–Crippen LogP) is 2.92. The molecule has 2 rings (SSSR count). The lowest BCUT2D eigenvalue weighted by Crippen LogP contribution is -2.44. The highest BCUT2D eigenvalue weighted by atomic mass is 16.6. The molecule has 0 spiro atoms. The van der Waals surface area contributed by atoms with Crippen molar-refractivity contribution >= 4 is 11.4 Å². The fourth-order valence-electron chi connectivity index (χ4n) is 2.44. The van der Waals surface area contributed by atoms with Crippen molar-refractivity contribution in [2.24, 2.45) is 11.7 Å². The normalized spacial score (nSPS) is 17.1. The Morgan fingerprint density at radius 3 is 2.76 bits per heavy atom. The van der Waals surface area contributed by atoms with Crippen LogP contribution in [0.5, 0.6) is 5.75 Å². The van der Waals surface area contributed by atoms with Crippen LogP contribution in [0.3, 0.4) is 0 Å². The maximum atomic E-state index is 11.0. The maximum Gasteiger partial charge on any atom is 0.311 e. The smallest absolute Gasteiger partial charge is 0.311 e. The van der Waals surface area contributed by atoms with E-state index in [1.807, 2.05) is 6.92 Å². The first-order chi connectivity index (χ1) is 10.00. The molecule has 3 N–H and O–H groups in total. The van der Waals surface area contributed by atoms with Crippen molar-refractivity contribution in [2.45, 2.75) is 38.6 Å². The van der Waals surface area contributed by atoms with E-state index in [1.165, 1.54) is 18.9 Å². The molecule has 0 aromatic heterocycles. The quantitative estimate of drug-likeness (QED) is 0.568. The second-order valence-corrected chi connectivity index (χ2v) is 5.81. The van der Waals surface area contributed by atoms with E-state index in [-0.39, 0.29) is 11.2 Å². The molecule has 0 saturated heterocycles. The minimum atomic E-state index is -0.419. The first-order valence-corrected chi connectivity index (χ1v) is 7.39. The Labute approximate surface area is 124 Å². The zero-order valence-corrected chi connectivity index (χ0v) is 12.6. The summed E-state index contributed by atoms with van der Waals surface area (Å²) in [7, 11) is 0. The van der Waals surface area contributed by atoms with Crippen molar-refractivity contribution in [1.82, 2.24) is 0 Å². The fourth-order valence-corrected chi connectivity index (χ4v) is 2.44. The lowest BCUT2D eigenvalue weighted by atomic mass is 9.95. The van der Waals surface area contributed by atoms with Crippen molar-refractivity contribution < 1.29 is 9.66 Å². The third-order valence-electron chi connectivity index (χ3n) is 3.95. The van der Waals surface area contributed by atoms with Gasteiger partial charge in [0.15, 0.2) is 5.75 Å². The topological polar surface area (TPSA) is 90.4 Å². The molecule has 6 nitrogen and oxygen atoms in total. The van der Waals surface area contributed by atoms with Crippen LogP contribution in [-0.2, 0) is 0 Å². The second-order valence-electron chi connectivity index (χ2n) is 5.81. The van der Waals surface area contributed by atoms with Gasteiger partial charge in [-0.05, 0) is 38.2 Å². The second kappa shape index (κ2) is 6.30. The number of benzene rings is 1. The van der Waals surface area contributed by atoms with E-state index in [2.05, 4.69) is 12.2 Å². The van der Waals surface area contributed by atoms with Crippen molar-refractivity contribution in [3.63, 3.8) is 0 Å². The summed E-state index contributed by atoms with van der Waals surface area (Å²) in [5.41, 5.74) is 6.53. The molecule has 1 aliphatic carbocycles. The first kappa shape index (κ1) is 15.6. The van der Waals surface area contributed by atoms with E-state index in [0.29, 0.717) is 24.8 Å². The summed E-state index contributed by atoms with van der Waals surface area (Å²) in [5.74, 6) is 0.875. The molecule has 0 amide bonds. The number of nitro benzene ring substituents is 1.